The molecule has 2 rings (SSSR count). The third-order valence-corrected chi connectivity index (χ3v) is 5.78. The number of nitrogens with one attached hydrogen (secondary N) is 1. The van der Waals surface area contributed by atoms with Gasteiger partial charge in [-0.2, -0.15) is 0 Å². The highest BCUT2D eigenvalue weighted by Crippen LogP contribution is 2.32. The van der Waals surface area contributed by atoms with Crippen LogP contribution in [0.3, 0.4) is 0 Å². The Balaban J connectivity index is 1.96. The van der Waals surface area contributed by atoms with Crippen LogP contribution in [-0.2, 0) is 0 Å². The number of hydrogen-bond donors (Lipinski definition) is 1. The number of hydrogen-bond acceptors (Lipinski definition) is 2. The van der Waals surface area contributed by atoms with Gasteiger partial charge in [-0.25, -0.2) is 0 Å². The second-order valence-electron chi connectivity index (χ2n) is 7.44. The highest BCUT2D eigenvalue weighted by molar-refractivity contribution is 4.97. The molecule has 1 aliphatic carbocycles. The first-order chi connectivity index (χ1) is 9.68. The van der Waals surface area contributed by atoms with Gasteiger partial charge in [0.25, 0.3) is 0 Å². The van der Waals surface area contributed by atoms with Crippen LogP contribution in [0.1, 0.15) is 78.6 Å². The third-order valence-electron chi connectivity index (χ3n) is 5.78. The van der Waals surface area contributed by atoms with Gasteiger partial charge < -0.3 is 5.32 Å². The number of rotatable bonds is 6. The van der Waals surface area contributed by atoms with Gasteiger partial charge in [0.05, 0.1) is 0 Å². The molecule has 1 heterocycles. The topological polar surface area (TPSA) is 15.3 Å². The zero-order valence-electron chi connectivity index (χ0n) is 14.1. The predicted molar refractivity (Wildman–Crippen MR) is 88.2 cm³/mol. The number of piperazine rings is 1. The molecule has 2 fully saturated rings. The van der Waals surface area contributed by atoms with Gasteiger partial charge in [-0.15, -0.1) is 0 Å². The van der Waals surface area contributed by atoms with Gasteiger partial charge in [0.2, 0.25) is 0 Å². The zero-order chi connectivity index (χ0) is 14.4. The lowest BCUT2D eigenvalue weighted by Gasteiger charge is -2.49. The van der Waals surface area contributed by atoms with Gasteiger partial charge in [-0.3, -0.25) is 4.90 Å². The van der Waals surface area contributed by atoms with E-state index in [1.54, 1.807) is 0 Å². The Hall–Kier alpha value is -0.0800. The normalized spacial score (nSPS) is 33.5. The lowest BCUT2D eigenvalue weighted by atomic mass is 9.80. The number of nitrogens with zero attached hydrogens (tertiary/aromatic N) is 1. The molecule has 1 aliphatic heterocycles. The van der Waals surface area contributed by atoms with Crippen molar-refractivity contribution in [2.45, 2.75) is 90.1 Å². The second-order valence-corrected chi connectivity index (χ2v) is 7.44. The van der Waals surface area contributed by atoms with Crippen LogP contribution < -0.4 is 5.32 Å². The highest BCUT2D eigenvalue weighted by Gasteiger charge is 2.37. The molecule has 2 nitrogen and oxygen atoms in total. The van der Waals surface area contributed by atoms with E-state index in [1.165, 1.54) is 77.4 Å². The molecule has 1 N–H and O–H groups in total. The first kappa shape index (κ1) is 16.3. The largest absolute Gasteiger partial charge is 0.309 e. The molecule has 0 aromatic carbocycles. The first-order valence-electron chi connectivity index (χ1n) is 9.17. The zero-order valence-corrected chi connectivity index (χ0v) is 14.1. The Bertz CT molecular complexity index is 273. The van der Waals surface area contributed by atoms with E-state index in [2.05, 4.69) is 31.0 Å². The predicted octanol–water partition coefficient (Wildman–Crippen LogP) is 4.20. The molecule has 0 spiro atoms. The first-order valence-corrected chi connectivity index (χ1v) is 9.17. The molecule has 2 heteroatoms. The molecule has 1 saturated heterocycles. The van der Waals surface area contributed by atoms with Crippen LogP contribution in [0.5, 0.6) is 0 Å². The smallest absolute Gasteiger partial charge is 0.0278 e. The monoisotopic (exact) mass is 280 g/mol. The quantitative estimate of drug-likeness (QED) is 0.734. The van der Waals surface area contributed by atoms with Gasteiger partial charge in [0.1, 0.15) is 0 Å². The second kappa shape index (κ2) is 7.79. The van der Waals surface area contributed by atoms with E-state index >= 15 is 0 Å². The van der Waals surface area contributed by atoms with Crippen LogP contribution in [0, 0.1) is 5.92 Å². The molecule has 2 aliphatic rings. The summed E-state index contributed by atoms with van der Waals surface area (Å²) >= 11 is 0. The van der Waals surface area contributed by atoms with Crippen molar-refractivity contribution in [3.8, 4) is 0 Å². The molecular weight excluding hydrogens is 244 g/mol. The van der Waals surface area contributed by atoms with E-state index in [0.717, 1.165) is 12.0 Å². The molecule has 20 heavy (non-hydrogen) atoms. The van der Waals surface area contributed by atoms with Gasteiger partial charge in [-0.05, 0) is 45.1 Å². The van der Waals surface area contributed by atoms with Crippen LogP contribution in [0.15, 0.2) is 0 Å². The fraction of sp³-hybridized carbons (Fsp3) is 1.00. The SMILES string of the molecule is CCCCCN1CC(C)(CC)NCC1C1CCCCC1. The summed E-state index contributed by atoms with van der Waals surface area (Å²) in [6.45, 7) is 10.9. The van der Waals surface area contributed by atoms with Crippen LogP contribution in [-0.4, -0.2) is 36.1 Å². The molecule has 0 aromatic heterocycles. The minimum Gasteiger partial charge on any atom is -0.309 e. The maximum absolute atomic E-state index is 3.87. The van der Waals surface area contributed by atoms with Crippen molar-refractivity contribution in [3.63, 3.8) is 0 Å². The van der Waals surface area contributed by atoms with Crippen molar-refractivity contribution < 1.29 is 0 Å². The third kappa shape index (κ3) is 4.21. The van der Waals surface area contributed by atoms with E-state index in [-0.39, 0.29) is 0 Å². The molecule has 2 atom stereocenters. The van der Waals surface area contributed by atoms with Crippen LogP contribution in [0.25, 0.3) is 0 Å². The van der Waals surface area contributed by atoms with Crippen LogP contribution in [0.4, 0.5) is 0 Å². The van der Waals surface area contributed by atoms with Gasteiger partial charge in [0.15, 0.2) is 0 Å². The average molecular weight is 281 g/mol. The summed E-state index contributed by atoms with van der Waals surface area (Å²) in [6, 6.07) is 0.812. The summed E-state index contributed by atoms with van der Waals surface area (Å²) < 4.78 is 0. The fourth-order valence-corrected chi connectivity index (χ4v) is 4.13. The molecule has 0 aromatic rings. The Labute approximate surface area is 126 Å². The molecule has 0 bridgehead atoms. The van der Waals surface area contributed by atoms with Gasteiger partial charge >= 0.3 is 0 Å². The van der Waals surface area contributed by atoms with E-state index in [4.69, 9.17) is 0 Å². The number of unbranched alkanes of at least 4 members (excludes halogenated alkanes) is 2. The van der Waals surface area contributed by atoms with Crippen LogP contribution in [0.2, 0.25) is 0 Å². The Morgan fingerprint density at radius 3 is 2.50 bits per heavy atom. The molecule has 1 saturated carbocycles. The molecule has 118 valence electrons. The summed E-state index contributed by atoms with van der Waals surface area (Å²) in [7, 11) is 0. The Kier molecular flexibility index (Phi) is 6.35. The summed E-state index contributed by atoms with van der Waals surface area (Å²) in [5, 5.41) is 3.87. The minimum absolute atomic E-state index is 0.345. The fourth-order valence-electron chi connectivity index (χ4n) is 4.13. The van der Waals surface area contributed by atoms with E-state index < -0.39 is 0 Å². The Morgan fingerprint density at radius 1 is 1.10 bits per heavy atom. The lowest BCUT2D eigenvalue weighted by Crippen LogP contribution is -2.64. The summed E-state index contributed by atoms with van der Waals surface area (Å²) in [5.41, 5.74) is 0.345. The molecule has 0 amide bonds. The van der Waals surface area contributed by atoms with Crippen LogP contribution >= 0.6 is 0 Å². The maximum Gasteiger partial charge on any atom is 0.0278 e. The van der Waals surface area contributed by atoms with E-state index in [9.17, 15) is 0 Å². The van der Waals surface area contributed by atoms with Crippen molar-refractivity contribution in [2.24, 2.45) is 5.92 Å². The van der Waals surface area contributed by atoms with Gasteiger partial charge in [0, 0.05) is 24.7 Å². The van der Waals surface area contributed by atoms with Crippen molar-refractivity contribution in [3.05, 3.63) is 0 Å². The summed E-state index contributed by atoms with van der Waals surface area (Å²) in [5.74, 6) is 0.958. The standard InChI is InChI=1S/C18H36N2/c1-4-6-10-13-20-15-18(3,5-2)19-14-17(20)16-11-8-7-9-12-16/h16-17,19H,4-15H2,1-3H3. The Morgan fingerprint density at radius 2 is 1.85 bits per heavy atom. The van der Waals surface area contributed by atoms with E-state index in [1.807, 2.05) is 0 Å². The summed E-state index contributed by atoms with van der Waals surface area (Å²) in [4.78, 5) is 2.85. The average Bonchev–Trinajstić information content (AvgIpc) is 2.49. The highest BCUT2D eigenvalue weighted by atomic mass is 15.3. The van der Waals surface area contributed by atoms with Crippen molar-refractivity contribution in [1.29, 1.82) is 0 Å². The van der Waals surface area contributed by atoms with Crippen molar-refractivity contribution >= 4 is 0 Å². The molecular formula is C18H36N2. The maximum atomic E-state index is 3.87. The lowest BCUT2D eigenvalue weighted by molar-refractivity contribution is 0.0394. The van der Waals surface area contributed by atoms with Gasteiger partial charge in [-0.1, -0.05) is 46.0 Å². The summed E-state index contributed by atoms with van der Waals surface area (Å²) in [6.07, 6.45) is 12.7. The van der Waals surface area contributed by atoms with Crippen molar-refractivity contribution in [1.82, 2.24) is 10.2 Å². The molecule has 2 unspecified atom stereocenters. The minimum atomic E-state index is 0.345. The van der Waals surface area contributed by atoms with Crippen molar-refractivity contribution in [2.75, 3.05) is 19.6 Å². The molecule has 0 radical (unpaired) electrons. The van der Waals surface area contributed by atoms with E-state index in [0.29, 0.717) is 5.54 Å².